The van der Waals surface area contributed by atoms with Crippen LogP contribution >= 0.6 is 0 Å². The number of aryl methyl sites for hydroxylation is 2. The van der Waals surface area contributed by atoms with Gasteiger partial charge >= 0.3 is 0 Å². The number of furan rings is 1. The Kier molecular flexibility index (Phi) is 8.57. The highest BCUT2D eigenvalue weighted by atomic mass is 28.3. The van der Waals surface area contributed by atoms with Crippen LogP contribution in [0.1, 0.15) is 105 Å². The summed E-state index contributed by atoms with van der Waals surface area (Å²) >= 11 is 0. The molecule has 0 saturated heterocycles. The number of fused-ring (bicyclic) bond motifs is 13. The molecule has 6 heterocycles. The Morgan fingerprint density at radius 3 is 2.47 bits per heavy atom. The third kappa shape index (κ3) is 5.82. The van der Waals surface area contributed by atoms with Gasteiger partial charge in [-0.3, -0.25) is 0 Å². The van der Waals surface area contributed by atoms with Crippen molar-refractivity contribution in [2.75, 3.05) is 0 Å². The maximum absolute atomic E-state index is 6.78. The normalized spacial score (nSPS) is 18.9. The molecule has 4 aromatic heterocycles. The molecule has 5 heteroatoms. The number of nitrogens with zero attached hydrogens (tertiary/aromatic N) is 3. The lowest BCUT2D eigenvalue weighted by Gasteiger charge is -2.33. The minimum absolute atomic E-state index is 0.259. The largest absolute Gasteiger partial charge is 0.437 e. The second kappa shape index (κ2) is 13.2. The SMILES string of the molecule is C=C1CC2C(CCc3ccc4c(oc5ncccc54)c3-c3cc(CC4CCCC4)c(C(C)C)c[n+]31)c1ccccc1-c1cc(CC)c([Si](C)(C)C)c[n+]12. The molecule has 53 heavy (non-hydrogen) atoms. The summed E-state index contributed by atoms with van der Waals surface area (Å²) < 4.78 is 12.0. The summed E-state index contributed by atoms with van der Waals surface area (Å²) in [5.74, 6) is 1.51. The molecule has 2 atom stereocenters. The van der Waals surface area contributed by atoms with Crippen molar-refractivity contribution in [1.82, 2.24) is 4.98 Å². The van der Waals surface area contributed by atoms with Crippen LogP contribution in [0.4, 0.5) is 0 Å². The van der Waals surface area contributed by atoms with Crippen LogP contribution in [0, 0.1) is 5.92 Å². The fourth-order valence-electron chi connectivity index (χ4n) is 10.3. The van der Waals surface area contributed by atoms with Gasteiger partial charge in [-0.25, -0.2) is 4.98 Å². The molecule has 6 aromatic rings. The van der Waals surface area contributed by atoms with Crippen LogP contribution in [-0.2, 0) is 19.3 Å². The van der Waals surface area contributed by atoms with E-state index in [9.17, 15) is 0 Å². The minimum Gasteiger partial charge on any atom is -0.437 e. The highest BCUT2D eigenvalue weighted by Crippen LogP contribution is 2.46. The number of aromatic nitrogens is 3. The number of hydrogen-bond donors (Lipinski definition) is 0. The van der Waals surface area contributed by atoms with Gasteiger partial charge < -0.3 is 4.42 Å². The summed E-state index contributed by atoms with van der Waals surface area (Å²) in [7, 11) is -1.62. The lowest BCUT2D eigenvalue weighted by atomic mass is 9.77. The lowest BCUT2D eigenvalue weighted by molar-refractivity contribution is -0.719. The molecule has 0 spiro atoms. The van der Waals surface area contributed by atoms with E-state index in [0.29, 0.717) is 17.5 Å². The van der Waals surface area contributed by atoms with E-state index < -0.39 is 8.07 Å². The zero-order valence-electron chi connectivity index (χ0n) is 32.6. The molecule has 4 nitrogen and oxygen atoms in total. The van der Waals surface area contributed by atoms with E-state index in [1.807, 2.05) is 12.3 Å². The molecule has 2 unspecified atom stereocenters. The Labute approximate surface area is 316 Å². The van der Waals surface area contributed by atoms with Gasteiger partial charge in [0.2, 0.25) is 17.1 Å². The molecule has 270 valence electrons. The summed E-state index contributed by atoms with van der Waals surface area (Å²) in [6, 6.07) is 23.5. The molecule has 9 rings (SSSR count). The predicted molar refractivity (Wildman–Crippen MR) is 221 cm³/mol. The van der Waals surface area contributed by atoms with Crippen molar-refractivity contribution in [2.24, 2.45) is 5.92 Å². The molecule has 0 N–H and O–H groups in total. The van der Waals surface area contributed by atoms with Crippen molar-refractivity contribution in [3.8, 4) is 22.5 Å². The van der Waals surface area contributed by atoms with Gasteiger partial charge in [-0.05, 0) is 84.6 Å². The molecule has 2 aliphatic heterocycles. The van der Waals surface area contributed by atoms with Gasteiger partial charge in [0.25, 0.3) is 0 Å². The van der Waals surface area contributed by atoms with E-state index >= 15 is 0 Å². The minimum atomic E-state index is -1.62. The fourth-order valence-corrected chi connectivity index (χ4v) is 12.0. The van der Waals surface area contributed by atoms with E-state index in [4.69, 9.17) is 11.0 Å². The molecule has 1 saturated carbocycles. The summed E-state index contributed by atoms with van der Waals surface area (Å²) in [6.07, 6.45) is 17.4. The molecule has 3 aliphatic rings. The summed E-state index contributed by atoms with van der Waals surface area (Å²) in [6.45, 7) is 19.6. The monoisotopic (exact) mass is 717 g/mol. The van der Waals surface area contributed by atoms with Gasteiger partial charge in [0.1, 0.15) is 0 Å². The summed E-state index contributed by atoms with van der Waals surface area (Å²) in [4.78, 5) is 4.68. The lowest BCUT2D eigenvalue weighted by Crippen LogP contribution is -2.54. The van der Waals surface area contributed by atoms with Crippen LogP contribution in [0.3, 0.4) is 0 Å². The van der Waals surface area contributed by atoms with Crippen LogP contribution in [0.2, 0.25) is 19.6 Å². The second-order valence-electron chi connectivity index (χ2n) is 17.6. The van der Waals surface area contributed by atoms with Gasteiger partial charge in [0.15, 0.2) is 29.7 Å². The standard InChI is InChI=1S/C48H55N3OSi/c1-8-33-26-43-37-17-12-11-16-36(37)38-21-19-34-20-22-39-40-18-13-23-49-48(40)52-47(39)46(34)44-27-35(25-32-14-9-10-15-32)41(30(2)3)28-50(44)31(4)24-42(38)51(43)29-45(33)53(5,6)7/h11-13,16-18,20,22-23,26-30,32,38,42H,4,8-10,14-15,19,21,24-25H2,1-3,5-7H3/q+2. The fraction of sp³-hybridized carbons (Fsp3) is 0.396. The molecule has 0 amide bonds. The maximum Gasteiger partial charge on any atom is 0.227 e. The Morgan fingerprint density at radius 1 is 0.906 bits per heavy atom. The van der Waals surface area contributed by atoms with Crippen molar-refractivity contribution < 1.29 is 13.6 Å². The van der Waals surface area contributed by atoms with Gasteiger partial charge in [-0.1, -0.05) is 96.4 Å². The Bertz CT molecular complexity index is 2410. The zero-order chi connectivity index (χ0) is 36.6. The number of benzene rings is 2. The molecule has 0 bridgehead atoms. The van der Waals surface area contributed by atoms with Crippen molar-refractivity contribution in [3.05, 3.63) is 114 Å². The Morgan fingerprint density at radius 2 is 1.70 bits per heavy atom. The van der Waals surface area contributed by atoms with Crippen molar-refractivity contribution >= 4 is 41.0 Å². The van der Waals surface area contributed by atoms with E-state index in [1.54, 1.807) is 5.19 Å². The Hall–Kier alpha value is -4.35. The molecule has 1 aliphatic carbocycles. The van der Waals surface area contributed by atoms with Crippen LogP contribution in [0.15, 0.2) is 90.3 Å². The second-order valence-corrected chi connectivity index (χ2v) is 22.7. The van der Waals surface area contributed by atoms with E-state index in [-0.39, 0.29) is 6.04 Å². The van der Waals surface area contributed by atoms with Gasteiger partial charge in [-0.2, -0.15) is 9.13 Å². The average molecular weight is 718 g/mol. The molecule has 0 radical (unpaired) electrons. The first-order chi connectivity index (χ1) is 25.6. The van der Waals surface area contributed by atoms with Gasteiger partial charge in [0.05, 0.1) is 20.1 Å². The highest BCUT2D eigenvalue weighted by Gasteiger charge is 2.44. The molecule has 2 aromatic carbocycles. The van der Waals surface area contributed by atoms with Gasteiger partial charge in [0, 0.05) is 51.3 Å². The van der Waals surface area contributed by atoms with Crippen molar-refractivity contribution in [2.45, 2.75) is 116 Å². The number of allylic oxidation sites excluding steroid dienone is 1. The summed E-state index contributed by atoms with van der Waals surface area (Å²) in [5, 5.41) is 3.81. The van der Waals surface area contributed by atoms with Crippen molar-refractivity contribution in [3.63, 3.8) is 0 Å². The summed E-state index contributed by atoms with van der Waals surface area (Å²) in [5.41, 5.74) is 15.3. The average Bonchev–Trinajstić information content (AvgIpc) is 3.80. The van der Waals surface area contributed by atoms with E-state index in [1.165, 1.54) is 76.0 Å². The maximum atomic E-state index is 6.78. The van der Waals surface area contributed by atoms with Crippen LogP contribution in [0.5, 0.6) is 0 Å². The Balaban J connectivity index is 1.30. The van der Waals surface area contributed by atoms with Gasteiger partial charge in [-0.15, -0.1) is 0 Å². The first-order valence-electron chi connectivity index (χ1n) is 20.3. The quantitative estimate of drug-likeness (QED) is 0.131. The van der Waals surface area contributed by atoms with Crippen molar-refractivity contribution in [1.29, 1.82) is 0 Å². The highest BCUT2D eigenvalue weighted by molar-refractivity contribution is 6.89. The molecular weight excluding hydrogens is 663 g/mol. The van der Waals surface area contributed by atoms with Crippen LogP contribution < -0.4 is 14.3 Å². The third-order valence-electron chi connectivity index (χ3n) is 12.9. The third-order valence-corrected chi connectivity index (χ3v) is 15.0. The number of hydrogen-bond acceptors (Lipinski definition) is 2. The van der Waals surface area contributed by atoms with Crippen LogP contribution in [-0.4, -0.2) is 13.1 Å². The molecule has 1 fully saturated rings. The number of rotatable bonds is 5. The topological polar surface area (TPSA) is 33.8 Å². The number of pyridine rings is 3. The zero-order valence-corrected chi connectivity index (χ0v) is 33.6. The van der Waals surface area contributed by atoms with E-state index in [0.717, 1.165) is 60.1 Å². The van der Waals surface area contributed by atoms with E-state index in [2.05, 4.69) is 122 Å². The first-order valence-corrected chi connectivity index (χ1v) is 23.8. The smallest absolute Gasteiger partial charge is 0.227 e. The molecular formula is C48H55N3OSi+2. The first kappa shape index (κ1) is 34.4. The van der Waals surface area contributed by atoms with Crippen LogP contribution in [0.25, 0.3) is 50.3 Å². The predicted octanol–water partition coefficient (Wildman–Crippen LogP) is 11.0.